The molecular weight excluding hydrogens is 287 g/mol. The first-order chi connectivity index (χ1) is 10.6. The third-order valence-electron chi connectivity index (χ3n) is 4.23. The van der Waals surface area contributed by atoms with Crippen molar-refractivity contribution >= 4 is 5.91 Å². The van der Waals surface area contributed by atoms with E-state index >= 15 is 0 Å². The lowest BCUT2D eigenvalue weighted by atomic mass is 10.0. The second-order valence-corrected chi connectivity index (χ2v) is 5.91. The number of benzene rings is 1. The molecule has 6 heteroatoms. The van der Waals surface area contributed by atoms with E-state index in [0.717, 1.165) is 18.4 Å². The van der Waals surface area contributed by atoms with Gasteiger partial charge < -0.3 is 20.1 Å². The number of rotatable bonds is 3. The van der Waals surface area contributed by atoms with Crippen molar-refractivity contribution in [2.75, 3.05) is 26.3 Å². The van der Waals surface area contributed by atoms with Gasteiger partial charge in [-0.25, -0.2) is 4.39 Å². The van der Waals surface area contributed by atoms with E-state index in [4.69, 9.17) is 15.2 Å². The van der Waals surface area contributed by atoms with Crippen LogP contribution in [0, 0.1) is 5.82 Å². The lowest BCUT2D eigenvalue weighted by Crippen LogP contribution is -2.55. The van der Waals surface area contributed by atoms with Crippen LogP contribution in [0.3, 0.4) is 0 Å². The van der Waals surface area contributed by atoms with Crippen LogP contribution in [0.5, 0.6) is 0 Å². The van der Waals surface area contributed by atoms with E-state index in [1.165, 1.54) is 12.1 Å². The molecule has 22 heavy (non-hydrogen) atoms. The first-order valence-corrected chi connectivity index (χ1v) is 7.65. The lowest BCUT2D eigenvalue weighted by Gasteiger charge is -2.39. The number of carbonyl (C=O) groups excluding carboxylic acids is 1. The first-order valence-electron chi connectivity index (χ1n) is 7.65. The molecular formula is C16H21FN2O3. The molecule has 2 saturated heterocycles. The van der Waals surface area contributed by atoms with Gasteiger partial charge in [0.05, 0.1) is 25.8 Å². The van der Waals surface area contributed by atoms with Crippen molar-refractivity contribution in [3.8, 4) is 0 Å². The van der Waals surface area contributed by atoms with Crippen molar-refractivity contribution in [1.29, 1.82) is 0 Å². The number of nitrogens with zero attached hydrogens (tertiary/aromatic N) is 1. The minimum atomic E-state index is -0.637. The molecule has 0 saturated carbocycles. The number of nitrogens with two attached hydrogens (primary N) is 1. The third-order valence-corrected chi connectivity index (χ3v) is 4.23. The van der Waals surface area contributed by atoms with Gasteiger partial charge in [-0.05, 0) is 30.5 Å². The fourth-order valence-electron chi connectivity index (χ4n) is 3.11. The summed E-state index contributed by atoms with van der Waals surface area (Å²) in [7, 11) is 0. The zero-order valence-electron chi connectivity index (χ0n) is 12.5. The molecule has 3 rings (SSSR count). The quantitative estimate of drug-likeness (QED) is 0.907. The van der Waals surface area contributed by atoms with E-state index < -0.39 is 11.8 Å². The number of likely N-dealkylation sites (tertiary alicyclic amines) is 1. The van der Waals surface area contributed by atoms with Crippen LogP contribution in [-0.2, 0) is 20.7 Å². The van der Waals surface area contributed by atoms with Crippen LogP contribution in [0.1, 0.15) is 18.4 Å². The highest BCUT2D eigenvalue weighted by molar-refractivity contribution is 5.82. The summed E-state index contributed by atoms with van der Waals surface area (Å²) in [6.07, 6.45) is 2.04. The average Bonchev–Trinajstić information content (AvgIpc) is 2.96. The van der Waals surface area contributed by atoms with Gasteiger partial charge in [0.15, 0.2) is 5.79 Å². The Morgan fingerprint density at radius 3 is 2.68 bits per heavy atom. The van der Waals surface area contributed by atoms with Crippen molar-refractivity contribution in [3.05, 3.63) is 35.6 Å². The summed E-state index contributed by atoms with van der Waals surface area (Å²) >= 11 is 0. The number of ether oxygens (including phenoxy) is 2. The number of halogens is 1. The highest BCUT2D eigenvalue weighted by atomic mass is 19.1. The highest BCUT2D eigenvalue weighted by Crippen LogP contribution is 2.30. The molecule has 0 bridgehead atoms. The molecule has 2 N–H and O–H groups in total. The maximum absolute atomic E-state index is 12.9. The van der Waals surface area contributed by atoms with Crippen LogP contribution in [0.2, 0.25) is 0 Å². The van der Waals surface area contributed by atoms with E-state index in [2.05, 4.69) is 0 Å². The molecule has 1 aromatic carbocycles. The molecule has 2 aliphatic heterocycles. The SMILES string of the molecule is N[C@@H](Cc1ccc(F)cc1)C(=O)N1CCCC2(C1)OCCO2. The summed E-state index contributed by atoms with van der Waals surface area (Å²) in [5.74, 6) is -1.04. The largest absolute Gasteiger partial charge is 0.346 e. The van der Waals surface area contributed by atoms with Crippen LogP contribution in [0.25, 0.3) is 0 Å². The molecule has 0 aromatic heterocycles. The number of hydrogen-bond donors (Lipinski definition) is 1. The Balaban J connectivity index is 1.61. The Labute approximate surface area is 129 Å². The van der Waals surface area contributed by atoms with Gasteiger partial charge in [0.1, 0.15) is 5.82 Å². The maximum Gasteiger partial charge on any atom is 0.240 e. The second kappa shape index (κ2) is 6.32. The second-order valence-electron chi connectivity index (χ2n) is 5.91. The predicted octanol–water partition coefficient (Wildman–Crippen LogP) is 1.06. The lowest BCUT2D eigenvalue weighted by molar-refractivity contribution is -0.193. The molecule has 2 fully saturated rings. The van der Waals surface area contributed by atoms with Crippen molar-refractivity contribution in [1.82, 2.24) is 4.90 Å². The standard InChI is InChI=1S/C16H21FN2O3/c17-13-4-2-12(3-5-13)10-14(18)15(20)19-7-1-6-16(11-19)21-8-9-22-16/h2-5,14H,1,6-11,18H2/t14-/m0/s1. The number of carbonyl (C=O) groups is 1. The fourth-order valence-corrected chi connectivity index (χ4v) is 3.11. The zero-order valence-corrected chi connectivity index (χ0v) is 12.5. The smallest absolute Gasteiger partial charge is 0.240 e. The topological polar surface area (TPSA) is 64.8 Å². The average molecular weight is 308 g/mol. The molecule has 1 aromatic rings. The Morgan fingerprint density at radius 1 is 1.32 bits per heavy atom. The summed E-state index contributed by atoms with van der Waals surface area (Å²) in [6.45, 7) is 2.25. The summed E-state index contributed by atoms with van der Waals surface area (Å²) in [5.41, 5.74) is 6.89. The molecule has 2 heterocycles. The predicted molar refractivity (Wildman–Crippen MR) is 78.5 cm³/mol. The molecule has 5 nitrogen and oxygen atoms in total. The van der Waals surface area contributed by atoms with Gasteiger partial charge in [-0.15, -0.1) is 0 Å². The molecule has 1 spiro atoms. The van der Waals surface area contributed by atoms with E-state index in [0.29, 0.717) is 32.7 Å². The summed E-state index contributed by atoms with van der Waals surface area (Å²) in [6, 6.07) is 5.43. The van der Waals surface area contributed by atoms with Gasteiger partial charge in [-0.3, -0.25) is 4.79 Å². The summed E-state index contributed by atoms with van der Waals surface area (Å²) in [5, 5.41) is 0. The third kappa shape index (κ3) is 3.29. The van der Waals surface area contributed by atoms with Crippen molar-refractivity contribution in [2.45, 2.75) is 31.1 Å². The Hall–Kier alpha value is -1.50. The molecule has 0 radical (unpaired) electrons. The molecule has 2 aliphatic rings. The molecule has 1 amide bonds. The van der Waals surface area contributed by atoms with Gasteiger partial charge in [0.25, 0.3) is 0 Å². The number of amides is 1. The van der Waals surface area contributed by atoms with E-state index in [1.54, 1.807) is 17.0 Å². The summed E-state index contributed by atoms with van der Waals surface area (Å²) < 4.78 is 24.3. The van der Waals surface area contributed by atoms with Crippen molar-refractivity contribution in [2.24, 2.45) is 5.73 Å². The van der Waals surface area contributed by atoms with Gasteiger partial charge >= 0.3 is 0 Å². The van der Waals surface area contributed by atoms with E-state index in [9.17, 15) is 9.18 Å². The fraction of sp³-hybridized carbons (Fsp3) is 0.562. The van der Waals surface area contributed by atoms with Crippen LogP contribution in [0.4, 0.5) is 4.39 Å². The Morgan fingerprint density at radius 2 is 2.00 bits per heavy atom. The Bertz CT molecular complexity index is 529. The van der Waals surface area contributed by atoms with Crippen LogP contribution < -0.4 is 5.73 Å². The van der Waals surface area contributed by atoms with E-state index in [-0.39, 0.29) is 11.7 Å². The van der Waals surface area contributed by atoms with Crippen molar-refractivity contribution < 1.29 is 18.7 Å². The maximum atomic E-state index is 12.9. The molecule has 0 unspecified atom stereocenters. The number of hydrogen-bond acceptors (Lipinski definition) is 4. The first kappa shape index (κ1) is 15.4. The Kier molecular flexibility index (Phi) is 4.42. The minimum absolute atomic E-state index is 0.109. The van der Waals surface area contributed by atoms with Crippen LogP contribution in [0.15, 0.2) is 24.3 Å². The van der Waals surface area contributed by atoms with Gasteiger partial charge in [-0.1, -0.05) is 12.1 Å². The van der Waals surface area contributed by atoms with Crippen LogP contribution >= 0.6 is 0 Å². The van der Waals surface area contributed by atoms with Crippen molar-refractivity contribution in [3.63, 3.8) is 0 Å². The molecule has 0 aliphatic carbocycles. The van der Waals surface area contributed by atoms with Crippen LogP contribution in [-0.4, -0.2) is 48.9 Å². The zero-order chi connectivity index (χ0) is 15.6. The monoisotopic (exact) mass is 308 g/mol. The molecule has 120 valence electrons. The van der Waals surface area contributed by atoms with Gasteiger partial charge in [-0.2, -0.15) is 0 Å². The summed E-state index contributed by atoms with van der Waals surface area (Å²) in [4.78, 5) is 14.3. The number of piperidine rings is 1. The normalized spacial score (nSPS) is 22.0. The van der Waals surface area contributed by atoms with Gasteiger partial charge in [0.2, 0.25) is 5.91 Å². The highest BCUT2D eigenvalue weighted by Gasteiger charge is 2.42. The minimum Gasteiger partial charge on any atom is -0.346 e. The van der Waals surface area contributed by atoms with E-state index in [1.807, 2.05) is 0 Å². The van der Waals surface area contributed by atoms with Gasteiger partial charge in [0, 0.05) is 13.0 Å². The molecule has 1 atom stereocenters.